The summed E-state index contributed by atoms with van der Waals surface area (Å²) in [6.07, 6.45) is 10.9. The summed E-state index contributed by atoms with van der Waals surface area (Å²) in [5.74, 6) is 0.494. The van der Waals surface area contributed by atoms with Gasteiger partial charge >= 0.3 is 0 Å². The van der Waals surface area contributed by atoms with Crippen LogP contribution in [0, 0.1) is 0 Å². The van der Waals surface area contributed by atoms with Crippen LogP contribution >= 0.6 is 0 Å². The smallest absolute Gasteiger partial charge is 0.119 e. The number of benzene rings is 1. The normalized spacial score (nSPS) is 21.9. The van der Waals surface area contributed by atoms with Crippen LogP contribution in [0.3, 0.4) is 0 Å². The van der Waals surface area contributed by atoms with Crippen LogP contribution in [0.2, 0.25) is 0 Å². The maximum absolute atomic E-state index is 10.5. The summed E-state index contributed by atoms with van der Waals surface area (Å²) in [5.41, 5.74) is 10.3. The molecule has 2 heteroatoms. The van der Waals surface area contributed by atoms with E-state index in [1.165, 1.54) is 55.2 Å². The van der Waals surface area contributed by atoms with E-state index in [2.05, 4.69) is 6.07 Å². The number of hydrogen-bond acceptors (Lipinski definition) is 2. The molecule has 0 saturated heterocycles. The molecule has 0 heterocycles. The van der Waals surface area contributed by atoms with Gasteiger partial charge in [0.15, 0.2) is 0 Å². The van der Waals surface area contributed by atoms with Crippen LogP contribution in [0.1, 0.15) is 61.6 Å². The lowest BCUT2D eigenvalue weighted by Gasteiger charge is -2.39. The lowest BCUT2D eigenvalue weighted by molar-refractivity contribution is 0.288. The molecule has 1 aromatic carbocycles. The fourth-order valence-electron chi connectivity index (χ4n) is 4.19. The zero-order valence-electron chi connectivity index (χ0n) is 11.8. The van der Waals surface area contributed by atoms with Crippen LogP contribution in [0.5, 0.6) is 5.75 Å². The highest BCUT2D eigenvalue weighted by atomic mass is 16.3. The van der Waals surface area contributed by atoms with Gasteiger partial charge in [-0.3, -0.25) is 0 Å². The SMILES string of the molecule is NCC1(c2c(O)ccc3c2CCCC3)CCCCC1. The van der Waals surface area contributed by atoms with Gasteiger partial charge in [0.1, 0.15) is 5.75 Å². The first kappa shape index (κ1) is 13.0. The molecule has 3 rings (SSSR count). The van der Waals surface area contributed by atoms with Gasteiger partial charge in [0.2, 0.25) is 0 Å². The summed E-state index contributed by atoms with van der Waals surface area (Å²) < 4.78 is 0. The first-order valence-electron chi connectivity index (χ1n) is 7.81. The van der Waals surface area contributed by atoms with Crippen molar-refractivity contribution < 1.29 is 5.11 Å². The summed E-state index contributed by atoms with van der Waals surface area (Å²) in [4.78, 5) is 0. The Morgan fingerprint density at radius 2 is 1.74 bits per heavy atom. The van der Waals surface area contributed by atoms with Crippen LogP contribution in [0.25, 0.3) is 0 Å². The number of aryl methyl sites for hydroxylation is 1. The Balaban J connectivity index is 2.11. The van der Waals surface area contributed by atoms with Crippen LogP contribution in [0.15, 0.2) is 12.1 Å². The molecule has 0 unspecified atom stereocenters. The fourth-order valence-corrected chi connectivity index (χ4v) is 4.19. The monoisotopic (exact) mass is 259 g/mol. The summed E-state index contributed by atoms with van der Waals surface area (Å²) in [6.45, 7) is 0.678. The van der Waals surface area contributed by atoms with Gasteiger partial charge in [0.25, 0.3) is 0 Å². The molecular formula is C17H25NO. The maximum atomic E-state index is 10.5. The largest absolute Gasteiger partial charge is 0.508 e. The molecule has 0 radical (unpaired) electrons. The van der Waals surface area contributed by atoms with Crippen molar-refractivity contribution in [1.29, 1.82) is 0 Å². The van der Waals surface area contributed by atoms with Crippen LogP contribution in [-0.4, -0.2) is 11.7 Å². The Morgan fingerprint density at radius 3 is 2.47 bits per heavy atom. The van der Waals surface area contributed by atoms with E-state index in [1.807, 2.05) is 6.07 Å². The molecule has 0 aromatic heterocycles. The second kappa shape index (κ2) is 5.16. The van der Waals surface area contributed by atoms with Crippen molar-refractivity contribution in [2.75, 3.05) is 6.54 Å². The van der Waals surface area contributed by atoms with Gasteiger partial charge in [-0.2, -0.15) is 0 Å². The van der Waals surface area contributed by atoms with Crippen molar-refractivity contribution in [2.24, 2.45) is 5.73 Å². The predicted molar refractivity (Wildman–Crippen MR) is 78.6 cm³/mol. The van der Waals surface area contributed by atoms with E-state index in [-0.39, 0.29) is 5.41 Å². The molecule has 0 amide bonds. The minimum absolute atomic E-state index is 0.0466. The minimum atomic E-state index is 0.0466. The van der Waals surface area contributed by atoms with Crippen LogP contribution < -0.4 is 5.73 Å². The molecule has 0 bridgehead atoms. The Labute approximate surface area is 116 Å². The highest BCUT2D eigenvalue weighted by Crippen LogP contribution is 2.46. The van der Waals surface area contributed by atoms with Crippen molar-refractivity contribution in [3.63, 3.8) is 0 Å². The van der Waals surface area contributed by atoms with E-state index in [0.29, 0.717) is 12.3 Å². The lowest BCUT2D eigenvalue weighted by Crippen LogP contribution is -2.38. The molecular weight excluding hydrogens is 234 g/mol. The third-order valence-electron chi connectivity index (χ3n) is 5.24. The molecule has 1 saturated carbocycles. The Bertz CT molecular complexity index is 461. The van der Waals surface area contributed by atoms with E-state index in [1.54, 1.807) is 0 Å². The molecule has 3 N–H and O–H groups in total. The standard InChI is InChI=1S/C17H25NO/c18-12-17(10-4-1-5-11-17)16-14-7-3-2-6-13(14)8-9-15(16)19/h8-9,19H,1-7,10-12,18H2. The van der Waals surface area contributed by atoms with Gasteiger partial charge in [-0.1, -0.05) is 25.3 Å². The Hall–Kier alpha value is -1.02. The lowest BCUT2D eigenvalue weighted by atomic mass is 9.66. The van der Waals surface area contributed by atoms with Crippen LogP contribution in [-0.2, 0) is 18.3 Å². The van der Waals surface area contributed by atoms with E-state index in [4.69, 9.17) is 5.73 Å². The Kier molecular flexibility index (Phi) is 3.53. The highest BCUT2D eigenvalue weighted by molar-refractivity contribution is 5.50. The summed E-state index contributed by atoms with van der Waals surface area (Å²) >= 11 is 0. The van der Waals surface area contributed by atoms with E-state index in [9.17, 15) is 5.11 Å². The summed E-state index contributed by atoms with van der Waals surface area (Å²) in [7, 11) is 0. The minimum Gasteiger partial charge on any atom is -0.508 e. The average Bonchev–Trinajstić information content (AvgIpc) is 2.48. The van der Waals surface area contributed by atoms with Crippen molar-refractivity contribution >= 4 is 0 Å². The van der Waals surface area contributed by atoms with Gasteiger partial charge in [0, 0.05) is 17.5 Å². The molecule has 2 nitrogen and oxygen atoms in total. The Morgan fingerprint density at radius 1 is 1.00 bits per heavy atom. The molecule has 2 aliphatic rings. The van der Waals surface area contributed by atoms with Gasteiger partial charge in [0.05, 0.1) is 0 Å². The van der Waals surface area contributed by atoms with Gasteiger partial charge in [-0.05, 0) is 55.7 Å². The highest BCUT2D eigenvalue weighted by Gasteiger charge is 2.37. The van der Waals surface area contributed by atoms with Gasteiger partial charge < -0.3 is 10.8 Å². The molecule has 1 aromatic rings. The van der Waals surface area contributed by atoms with Crippen molar-refractivity contribution in [3.05, 3.63) is 28.8 Å². The number of hydrogen-bond donors (Lipinski definition) is 2. The maximum Gasteiger partial charge on any atom is 0.119 e. The van der Waals surface area contributed by atoms with Gasteiger partial charge in [-0.15, -0.1) is 0 Å². The molecule has 1 fully saturated rings. The third kappa shape index (κ3) is 2.16. The topological polar surface area (TPSA) is 46.2 Å². The zero-order valence-corrected chi connectivity index (χ0v) is 11.8. The van der Waals surface area contributed by atoms with Crippen molar-refractivity contribution in [2.45, 2.75) is 63.2 Å². The fraction of sp³-hybridized carbons (Fsp3) is 0.647. The molecule has 0 atom stereocenters. The predicted octanol–water partition coefficient (Wildman–Crippen LogP) is 3.43. The van der Waals surface area contributed by atoms with Gasteiger partial charge in [-0.25, -0.2) is 0 Å². The average molecular weight is 259 g/mol. The second-order valence-electron chi connectivity index (χ2n) is 6.35. The number of rotatable bonds is 2. The van der Waals surface area contributed by atoms with Crippen LogP contribution in [0.4, 0.5) is 0 Å². The van der Waals surface area contributed by atoms with E-state index < -0.39 is 0 Å². The second-order valence-corrected chi connectivity index (χ2v) is 6.35. The number of phenols is 1. The summed E-state index contributed by atoms with van der Waals surface area (Å²) in [6, 6.07) is 4.03. The molecule has 0 aliphatic heterocycles. The first-order valence-corrected chi connectivity index (χ1v) is 7.81. The van der Waals surface area contributed by atoms with E-state index >= 15 is 0 Å². The summed E-state index contributed by atoms with van der Waals surface area (Å²) in [5, 5.41) is 10.5. The number of fused-ring (bicyclic) bond motifs is 1. The number of aromatic hydroxyl groups is 1. The third-order valence-corrected chi connectivity index (χ3v) is 5.24. The quantitative estimate of drug-likeness (QED) is 0.854. The van der Waals surface area contributed by atoms with Crippen molar-refractivity contribution in [3.8, 4) is 5.75 Å². The molecule has 19 heavy (non-hydrogen) atoms. The molecule has 104 valence electrons. The molecule has 2 aliphatic carbocycles. The van der Waals surface area contributed by atoms with Crippen molar-refractivity contribution in [1.82, 2.24) is 0 Å². The number of phenolic OH excluding ortho intramolecular Hbond substituents is 1. The number of nitrogens with two attached hydrogens (primary N) is 1. The molecule has 0 spiro atoms. The van der Waals surface area contributed by atoms with E-state index in [0.717, 1.165) is 19.3 Å². The first-order chi connectivity index (χ1) is 9.27. The zero-order chi connectivity index (χ0) is 13.3.